The molecule has 22 heavy (non-hydrogen) atoms. The minimum atomic E-state index is -1.05. The van der Waals surface area contributed by atoms with Gasteiger partial charge in [0.25, 0.3) is 0 Å². The van der Waals surface area contributed by atoms with E-state index < -0.39 is 6.09 Å². The van der Waals surface area contributed by atoms with Crippen LogP contribution in [-0.2, 0) is 6.54 Å². The van der Waals surface area contributed by atoms with E-state index in [4.69, 9.17) is 4.52 Å². The first kappa shape index (κ1) is 13.8. The van der Waals surface area contributed by atoms with E-state index in [1.807, 2.05) is 24.3 Å². The van der Waals surface area contributed by atoms with Gasteiger partial charge in [0, 0.05) is 18.0 Å². The number of rotatable bonds is 4. The van der Waals surface area contributed by atoms with Crippen LogP contribution in [0.5, 0.6) is 0 Å². The first-order chi connectivity index (χ1) is 10.7. The first-order valence-electron chi connectivity index (χ1n) is 6.66. The molecule has 6 nitrogen and oxygen atoms in total. The summed E-state index contributed by atoms with van der Waals surface area (Å²) in [7, 11) is 0. The van der Waals surface area contributed by atoms with Gasteiger partial charge in [0.15, 0.2) is 5.76 Å². The number of anilines is 1. The van der Waals surface area contributed by atoms with E-state index in [0.717, 1.165) is 0 Å². The number of benzene rings is 1. The Balaban J connectivity index is 1.83. The highest BCUT2D eigenvalue weighted by atomic mass is 16.5. The molecule has 0 unspecified atom stereocenters. The molecule has 0 radical (unpaired) electrons. The Morgan fingerprint density at radius 3 is 2.55 bits per heavy atom. The highest BCUT2D eigenvalue weighted by Gasteiger charge is 2.17. The molecule has 0 fully saturated rings. The van der Waals surface area contributed by atoms with Crippen molar-refractivity contribution in [2.24, 2.45) is 0 Å². The van der Waals surface area contributed by atoms with Gasteiger partial charge >= 0.3 is 6.09 Å². The van der Waals surface area contributed by atoms with E-state index >= 15 is 0 Å². The fourth-order valence-electron chi connectivity index (χ4n) is 2.06. The molecule has 0 bridgehead atoms. The summed E-state index contributed by atoms with van der Waals surface area (Å²) in [6, 6.07) is 16.0. The number of hydrogen-bond acceptors (Lipinski definition) is 4. The number of carbonyl (C=O) groups is 1. The van der Waals surface area contributed by atoms with E-state index in [-0.39, 0.29) is 6.54 Å². The highest BCUT2D eigenvalue weighted by Crippen LogP contribution is 2.20. The molecule has 6 heteroatoms. The van der Waals surface area contributed by atoms with E-state index in [9.17, 15) is 9.90 Å². The molecule has 0 saturated carbocycles. The van der Waals surface area contributed by atoms with Gasteiger partial charge in [0.1, 0.15) is 5.69 Å². The number of carboxylic acid groups (broad SMARTS) is 1. The number of para-hydroxylation sites is 1. The summed E-state index contributed by atoms with van der Waals surface area (Å²) in [5, 5.41) is 13.3. The van der Waals surface area contributed by atoms with Gasteiger partial charge in [-0.2, -0.15) is 0 Å². The molecule has 0 saturated heterocycles. The Labute approximate surface area is 126 Å². The number of hydrogen-bond donors (Lipinski definition) is 1. The van der Waals surface area contributed by atoms with Gasteiger partial charge in [-0.25, -0.2) is 4.79 Å². The Bertz CT molecular complexity index is 757. The van der Waals surface area contributed by atoms with Crippen LogP contribution in [0.3, 0.4) is 0 Å². The van der Waals surface area contributed by atoms with Gasteiger partial charge < -0.3 is 9.63 Å². The van der Waals surface area contributed by atoms with Crippen LogP contribution >= 0.6 is 0 Å². The predicted molar refractivity (Wildman–Crippen MR) is 80.4 cm³/mol. The molecule has 1 aromatic carbocycles. The fraction of sp³-hybridized carbons (Fsp3) is 0.0625. The zero-order chi connectivity index (χ0) is 15.4. The van der Waals surface area contributed by atoms with Crippen molar-refractivity contribution in [3.63, 3.8) is 0 Å². The second-order valence-electron chi connectivity index (χ2n) is 4.60. The van der Waals surface area contributed by atoms with Crippen LogP contribution in [0.15, 0.2) is 65.3 Å². The Morgan fingerprint density at radius 1 is 1.09 bits per heavy atom. The molecule has 0 spiro atoms. The Kier molecular flexibility index (Phi) is 3.82. The molecular formula is C16H13N3O3. The lowest BCUT2D eigenvalue weighted by molar-refractivity contribution is 0.200. The Hall–Kier alpha value is -3.15. The standard InChI is InChI=1S/C16H13N3O3/c20-16(21)19(12-6-2-1-3-7-12)11-13-10-15(18-22-13)14-8-4-5-9-17-14/h1-10H,11H2,(H,20,21). The maximum Gasteiger partial charge on any atom is 0.412 e. The third-order valence-corrected chi connectivity index (χ3v) is 3.10. The molecule has 0 atom stereocenters. The summed E-state index contributed by atoms with van der Waals surface area (Å²) >= 11 is 0. The molecule has 2 aromatic heterocycles. The van der Waals surface area contributed by atoms with Crippen molar-refractivity contribution < 1.29 is 14.4 Å². The summed E-state index contributed by atoms with van der Waals surface area (Å²) in [6.45, 7) is 0.0825. The summed E-state index contributed by atoms with van der Waals surface area (Å²) in [5.41, 5.74) is 1.83. The summed E-state index contributed by atoms with van der Waals surface area (Å²) in [5.74, 6) is 0.451. The summed E-state index contributed by atoms with van der Waals surface area (Å²) in [4.78, 5) is 16.8. The average molecular weight is 295 g/mol. The molecule has 0 aliphatic carbocycles. The number of pyridine rings is 1. The van der Waals surface area contributed by atoms with Gasteiger partial charge in [0.05, 0.1) is 12.2 Å². The second kappa shape index (κ2) is 6.09. The largest absolute Gasteiger partial charge is 0.465 e. The van der Waals surface area contributed by atoms with Gasteiger partial charge in [0.2, 0.25) is 0 Å². The number of aromatic nitrogens is 2. The summed E-state index contributed by atoms with van der Waals surface area (Å²) in [6.07, 6.45) is 0.610. The fourth-order valence-corrected chi connectivity index (χ4v) is 2.06. The summed E-state index contributed by atoms with van der Waals surface area (Å²) < 4.78 is 5.23. The van der Waals surface area contributed by atoms with Crippen molar-refractivity contribution in [1.29, 1.82) is 0 Å². The second-order valence-corrected chi connectivity index (χ2v) is 4.60. The van der Waals surface area contributed by atoms with Crippen molar-refractivity contribution >= 4 is 11.8 Å². The normalized spacial score (nSPS) is 10.4. The molecular weight excluding hydrogens is 282 g/mol. The van der Waals surface area contributed by atoms with E-state index in [1.165, 1.54) is 4.90 Å². The van der Waals surface area contributed by atoms with Gasteiger partial charge in [-0.3, -0.25) is 9.88 Å². The van der Waals surface area contributed by atoms with Crippen LogP contribution < -0.4 is 4.90 Å². The molecule has 3 rings (SSSR count). The first-order valence-corrected chi connectivity index (χ1v) is 6.66. The molecule has 1 N–H and O–H groups in total. The van der Waals surface area contributed by atoms with Gasteiger partial charge in [-0.05, 0) is 24.3 Å². The van der Waals surface area contributed by atoms with E-state index in [2.05, 4.69) is 10.1 Å². The molecule has 2 heterocycles. The lowest BCUT2D eigenvalue weighted by Gasteiger charge is -2.17. The van der Waals surface area contributed by atoms with E-state index in [1.54, 1.807) is 36.5 Å². The van der Waals surface area contributed by atoms with Gasteiger partial charge in [-0.1, -0.05) is 29.4 Å². The molecule has 110 valence electrons. The number of amides is 1. The molecule has 1 amide bonds. The van der Waals surface area contributed by atoms with Crippen molar-refractivity contribution in [2.45, 2.75) is 6.54 Å². The average Bonchev–Trinajstić information content (AvgIpc) is 3.03. The predicted octanol–water partition coefficient (Wildman–Crippen LogP) is 3.42. The van der Waals surface area contributed by atoms with Crippen LogP contribution in [0.2, 0.25) is 0 Å². The zero-order valence-electron chi connectivity index (χ0n) is 11.6. The maximum atomic E-state index is 11.4. The van der Waals surface area contributed by atoms with Crippen LogP contribution in [0, 0.1) is 0 Å². The van der Waals surface area contributed by atoms with Crippen molar-refractivity contribution in [2.75, 3.05) is 4.90 Å². The monoisotopic (exact) mass is 295 g/mol. The van der Waals surface area contributed by atoms with Crippen molar-refractivity contribution in [3.8, 4) is 11.4 Å². The minimum absolute atomic E-state index is 0.0825. The SMILES string of the molecule is O=C(O)N(Cc1cc(-c2ccccn2)no1)c1ccccc1. The maximum absolute atomic E-state index is 11.4. The zero-order valence-corrected chi connectivity index (χ0v) is 11.6. The van der Waals surface area contributed by atoms with E-state index in [0.29, 0.717) is 22.8 Å². The lowest BCUT2D eigenvalue weighted by atomic mass is 10.2. The smallest absolute Gasteiger partial charge is 0.412 e. The lowest BCUT2D eigenvalue weighted by Crippen LogP contribution is -2.28. The molecule has 3 aromatic rings. The number of nitrogens with zero attached hydrogens (tertiary/aromatic N) is 3. The van der Waals surface area contributed by atoms with Crippen LogP contribution in [0.25, 0.3) is 11.4 Å². The van der Waals surface area contributed by atoms with Crippen molar-refractivity contribution in [3.05, 3.63) is 66.6 Å². The minimum Gasteiger partial charge on any atom is -0.465 e. The van der Waals surface area contributed by atoms with Crippen LogP contribution in [0.1, 0.15) is 5.76 Å². The Morgan fingerprint density at radius 2 is 1.86 bits per heavy atom. The van der Waals surface area contributed by atoms with Gasteiger partial charge in [-0.15, -0.1) is 0 Å². The third kappa shape index (κ3) is 2.95. The highest BCUT2D eigenvalue weighted by molar-refractivity contribution is 5.85. The molecule has 0 aliphatic rings. The van der Waals surface area contributed by atoms with Crippen LogP contribution in [-0.4, -0.2) is 21.3 Å². The third-order valence-electron chi connectivity index (χ3n) is 3.10. The van der Waals surface area contributed by atoms with Crippen molar-refractivity contribution in [1.82, 2.24) is 10.1 Å². The quantitative estimate of drug-likeness (QED) is 0.797. The van der Waals surface area contributed by atoms with Crippen LogP contribution in [0.4, 0.5) is 10.5 Å². The molecule has 0 aliphatic heterocycles. The topological polar surface area (TPSA) is 79.5 Å².